The molecule has 1 aliphatic heterocycles. The number of benzene rings is 2. The maximum Gasteiger partial charge on any atom is 0.408 e. The van der Waals surface area contributed by atoms with Crippen molar-refractivity contribution in [3.63, 3.8) is 0 Å². The van der Waals surface area contributed by atoms with Crippen LogP contribution in [0, 0.1) is 5.92 Å². The SMILES string of the molecule is CC(C)[C@H](NC(=O)OCc1ccccc1)C(=O)NCC(=O)N[C@@H](C)C(=O)N1Cc2ccccc2CN1. The van der Waals surface area contributed by atoms with Gasteiger partial charge >= 0.3 is 6.09 Å². The number of ether oxygens (including phenoxy) is 1. The van der Waals surface area contributed by atoms with Gasteiger partial charge in [-0.2, -0.15) is 0 Å². The fraction of sp³-hybridized carbons (Fsp3) is 0.385. The van der Waals surface area contributed by atoms with E-state index < -0.39 is 30.0 Å². The molecule has 10 heteroatoms. The lowest BCUT2D eigenvalue weighted by atomic mass is 10.0. The fourth-order valence-electron chi connectivity index (χ4n) is 3.74. The topological polar surface area (TPSA) is 129 Å². The normalized spacial score (nSPS) is 14.3. The summed E-state index contributed by atoms with van der Waals surface area (Å²) in [4.78, 5) is 50.0. The molecular formula is C26H33N5O5. The Morgan fingerprint density at radius 2 is 1.61 bits per heavy atom. The average molecular weight is 496 g/mol. The third-order valence-electron chi connectivity index (χ3n) is 5.78. The van der Waals surface area contributed by atoms with Gasteiger partial charge in [-0.1, -0.05) is 68.4 Å². The summed E-state index contributed by atoms with van der Waals surface area (Å²) < 4.78 is 5.19. The van der Waals surface area contributed by atoms with E-state index in [0.717, 1.165) is 16.7 Å². The first-order valence-corrected chi connectivity index (χ1v) is 11.9. The van der Waals surface area contributed by atoms with Gasteiger partial charge < -0.3 is 20.7 Å². The number of carbonyl (C=O) groups is 4. The van der Waals surface area contributed by atoms with Crippen molar-refractivity contribution in [2.75, 3.05) is 6.54 Å². The summed E-state index contributed by atoms with van der Waals surface area (Å²) in [5, 5.41) is 9.15. The Labute approximate surface area is 210 Å². The highest BCUT2D eigenvalue weighted by Gasteiger charge is 2.27. The molecule has 0 saturated heterocycles. The number of carbonyl (C=O) groups excluding carboxylic acids is 4. The number of nitrogens with zero attached hydrogens (tertiary/aromatic N) is 1. The number of hydrogen-bond donors (Lipinski definition) is 4. The molecule has 10 nitrogen and oxygen atoms in total. The molecule has 0 unspecified atom stereocenters. The Morgan fingerprint density at radius 3 is 2.31 bits per heavy atom. The van der Waals surface area contributed by atoms with Crippen LogP contribution >= 0.6 is 0 Å². The minimum absolute atomic E-state index is 0.0743. The number of rotatable bonds is 9. The summed E-state index contributed by atoms with van der Waals surface area (Å²) in [7, 11) is 0. The highest BCUT2D eigenvalue weighted by atomic mass is 16.5. The van der Waals surface area contributed by atoms with E-state index in [-0.39, 0.29) is 25.0 Å². The van der Waals surface area contributed by atoms with Crippen molar-refractivity contribution in [2.24, 2.45) is 5.92 Å². The number of fused-ring (bicyclic) bond motifs is 1. The van der Waals surface area contributed by atoms with Gasteiger partial charge in [0.2, 0.25) is 11.8 Å². The van der Waals surface area contributed by atoms with E-state index in [1.54, 1.807) is 20.8 Å². The number of nitrogens with one attached hydrogen (secondary N) is 4. The predicted octanol–water partition coefficient (Wildman–Crippen LogP) is 1.61. The summed E-state index contributed by atoms with van der Waals surface area (Å²) in [5.41, 5.74) is 6.05. The summed E-state index contributed by atoms with van der Waals surface area (Å²) >= 11 is 0. The van der Waals surface area contributed by atoms with Crippen LogP contribution in [-0.2, 0) is 38.8 Å². The van der Waals surface area contributed by atoms with E-state index >= 15 is 0 Å². The van der Waals surface area contributed by atoms with E-state index in [9.17, 15) is 19.2 Å². The highest BCUT2D eigenvalue weighted by Crippen LogP contribution is 2.16. The first kappa shape index (κ1) is 26.7. The van der Waals surface area contributed by atoms with Gasteiger partial charge in [0.05, 0.1) is 13.1 Å². The zero-order valence-electron chi connectivity index (χ0n) is 20.7. The molecule has 1 heterocycles. The number of alkyl carbamates (subject to hydrolysis) is 1. The first-order chi connectivity index (χ1) is 17.2. The van der Waals surface area contributed by atoms with Crippen LogP contribution in [0.5, 0.6) is 0 Å². The molecule has 36 heavy (non-hydrogen) atoms. The van der Waals surface area contributed by atoms with Crippen LogP contribution in [0.3, 0.4) is 0 Å². The van der Waals surface area contributed by atoms with Gasteiger partial charge in [0.1, 0.15) is 18.7 Å². The molecule has 4 amide bonds. The minimum atomic E-state index is -0.891. The molecule has 0 spiro atoms. The molecule has 1 aliphatic rings. The van der Waals surface area contributed by atoms with Gasteiger partial charge in [0, 0.05) is 6.54 Å². The molecule has 0 saturated carbocycles. The molecular weight excluding hydrogens is 462 g/mol. The van der Waals surface area contributed by atoms with Crippen molar-refractivity contribution in [1.82, 2.24) is 26.4 Å². The van der Waals surface area contributed by atoms with E-state index in [1.807, 2.05) is 54.6 Å². The smallest absolute Gasteiger partial charge is 0.408 e. The summed E-state index contributed by atoms with van der Waals surface area (Å²) in [6, 6.07) is 15.3. The second kappa shape index (κ2) is 12.7. The summed E-state index contributed by atoms with van der Waals surface area (Å²) in [5.74, 6) is -1.57. The maximum atomic E-state index is 12.8. The molecule has 2 aromatic rings. The largest absolute Gasteiger partial charge is 0.445 e. The molecule has 4 N–H and O–H groups in total. The Hall–Kier alpha value is -3.92. The van der Waals surface area contributed by atoms with E-state index in [0.29, 0.717) is 13.1 Å². The van der Waals surface area contributed by atoms with Crippen LogP contribution in [0.15, 0.2) is 54.6 Å². The zero-order valence-corrected chi connectivity index (χ0v) is 20.7. The van der Waals surface area contributed by atoms with Crippen molar-refractivity contribution < 1.29 is 23.9 Å². The van der Waals surface area contributed by atoms with Gasteiger partial charge in [-0.15, -0.1) is 0 Å². The molecule has 0 aliphatic carbocycles. The van der Waals surface area contributed by atoms with Crippen molar-refractivity contribution >= 4 is 23.8 Å². The van der Waals surface area contributed by atoms with Crippen LogP contribution in [0.1, 0.15) is 37.5 Å². The van der Waals surface area contributed by atoms with Crippen molar-refractivity contribution in [3.8, 4) is 0 Å². The van der Waals surface area contributed by atoms with Crippen LogP contribution in [0.25, 0.3) is 0 Å². The first-order valence-electron chi connectivity index (χ1n) is 11.9. The second-order valence-electron chi connectivity index (χ2n) is 8.96. The van der Waals surface area contributed by atoms with E-state index in [1.165, 1.54) is 5.01 Å². The van der Waals surface area contributed by atoms with E-state index in [4.69, 9.17) is 4.74 Å². The Morgan fingerprint density at radius 1 is 0.944 bits per heavy atom. The molecule has 0 aromatic heterocycles. The lowest BCUT2D eigenvalue weighted by Crippen LogP contribution is -2.55. The Bertz CT molecular complexity index is 1080. The van der Waals surface area contributed by atoms with E-state index in [2.05, 4.69) is 21.4 Å². The average Bonchev–Trinajstić information content (AvgIpc) is 2.88. The van der Waals surface area contributed by atoms with Gasteiger partial charge in [-0.25, -0.2) is 10.2 Å². The third-order valence-corrected chi connectivity index (χ3v) is 5.78. The highest BCUT2D eigenvalue weighted by molar-refractivity contribution is 5.91. The number of hydrogen-bond acceptors (Lipinski definition) is 6. The standard InChI is InChI=1S/C26H33N5O5/c1-17(2)23(30-26(35)36-16-19-9-5-4-6-10-19)24(33)27-14-22(32)29-18(3)25(34)31-15-21-12-8-7-11-20(21)13-28-31/h4-12,17-18,23,28H,13-16H2,1-3H3,(H,27,33)(H,29,32)(H,30,35)/t18-,23-/m0/s1. The zero-order chi connectivity index (χ0) is 26.1. The van der Waals surface area contributed by atoms with Crippen LogP contribution in [0.4, 0.5) is 4.79 Å². The molecule has 3 rings (SSSR count). The van der Waals surface area contributed by atoms with Gasteiger partial charge in [-0.3, -0.25) is 19.4 Å². The van der Waals surface area contributed by atoms with Gasteiger partial charge in [0.15, 0.2) is 0 Å². The Balaban J connectivity index is 1.43. The maximum absolute atomic E-state index is 12.8. The Kier molecular flexibility index (Phi) is 9.40. The molecule has 2 aromatic carbocycles. The molecule has 0 bridgehead atoms. The molecule has 2 atom stereocenters. The second-order valence-corrected chi connectivity index (χ2v) is 8.96. The molecule has 192 valence electrons. The van der Waals surface area contributed by atoms with Crippen molar-refractivity contribution in [3.05, 3.63) is 71.3 Å². The fourth-order valence-corrected chi connectivity index (χ4v) is 3.74. The monoisotopic (exact) mass is 495 g/mol. The third kappa shape index (κ3) is 7.54. The molecule has 0 fully saturated rings. The van der Waals surface area contributed by atoms with Gasteiger partial charge in [0.25, 0.3) is 5.91 Å². The van der Waals surface area contributed by atoms with Crippen LogP contribution < -0.4 is 21.4 Å². The summed E-state index contributed by atoms with van der Waals surface area (Å²) in [6.07, 6.45) is -0.730. The quantitative estimate of drug-likeness (QED) is 0.418. The lowest BCUT2D eigenvalue weighted by molar-refractivity contribution is -0.140. The van der Waals surface area contributed by atoms with Crippen molar-refractivity contribution in [2.45, 2.75) is 52.6 Å². The van der Waals surface area contributed by atoms with Crippen LogP contribution in [-0.4, -0.2) is 47.5 Å². The number of amides is 4. The number of hydrazine groups is 1. The minimum Gasteiger partial charge on any atom is -0.445 e. The van der Waals surface area contributed by atoms with Crippen molar-refractivity contribution in [1.29, 1.82) is 0 Å². The van der Waals surface area contributed by atoms with Crippen LogP contribution in [0.2, 0.25) is 0 Å². The van der Waals surface area contributed by atoms with Gasteiger partial charge in [-0.05, 0) is 29.5 Å². The lowest BCUT2D eigenvalue weighted by Gasteiger charge is -2.31. The predicted molar refractivity (Wildman–Crippen MR) is 133 cm³/mol. The molecule has 0 radical (unpaired) electrons. The summed E-state index contributed by atoms with van der Waals surface area (Å²) in [6.45, 7) is 5.79.